The highest BCUT2D eigenvalue weighted by atomic mass is 16.5. The van der Waals surface area contributed by atoms with Crippen molar-refractivity contribution in [1.82, 2.24) is 15.1 Å². The molecule has 0 aromatic carbocycles. The van der Waals surface area contributed by atoms with Crippen molar-refractivity contribution in [3.63, 3.8) is 0 Å². The summed E-state index contributed by atoms with van der Waals surface area (Å²) in [5, 5.41) is 13.4. The van der Waals surface area contributed by atoms with Gasteiger partial charge in [-0.1, -0.05) is 58.8 Å². The monoisotopic (exact) mass is 500 g/mol. The van der Waals surface area contributed by atoms with E-state index in [1.54, 1.807) is 0 Å². The van der Waals surface area contributed by atoms with Crippen LogP contribution in [0.1, 0.15) is 90.9 Å². The minimum absolute atomic E-state index is 0.0512. The van der Waals surface area contributed by atoms with E-state index in [9.17, 15) is 14.9 Å². The maximum Gasteiger partial charge on any atom is 0.224 e. The second-order valence-corrected chi connectivity index (χ2v) is 12.4. The molecule has 2 saturated carbocycles. The van der Waals surface area contributed by atoms with Gasteiger partial charge in [-0.15, -0.1) is 0 Å². The second kappa shape index (κ2) is 12.7. The SMILES string of the molecule is CC(C)[C@H]1CCC[C@@H](N2CC[C@](C#N)(NC(=O)[C@@H](CC(=O)N3CCOCC3)CC3CCCCC3)C2)C1. The Bertz CT molecular complexity index is 784. The van der Waals surface area contributed by atoms with Gasteiger partial charge < -0.3 is 15.0 Å². The lowest BCUT2D eigenvalue weighted by molar-refractivity contribution is -0.140. The van der Waals surface area contributed by atoms with Crippen LogP contribution in [0.4, 0.5) is 0 Å². The van der Waals surface area contributed by atoms with Crippen molar-refractivity contribution in [2.45, 2.75) is 102 Å². The number of ether oxygens (including phenoxy) is 1. The van der Waals surface area contributed by atoms with E-state index in [2.05, 4.69) is 30.1 Å². The molecule has 1 N–H and O–H groups in total. The molecular weight excluding hydrogens is 452 g/mol. The number of carbonyl (C=O) groups excluding carboxylic acids is 2. The number of rotatable bonds is 8. The van der Waals surface area contributed by atoms with Gasteiger partial charge in [0.1, 0.15) is 5.54 Å². The number of hydrogen-bond acceptors (Lipinski definition) is 5. The average Bonchev–Trinajstić information content (AvgIpc) is 3.34. The fraction of sp³-hybridized carbons (Fsp3) is 0.897. The molecule has 7 heteroatoms. The number of nitriles is 1. The molecule has 2 amide bonds. The van der Waals surface area contributed by atoms with Gasteiger partial charge in [-0.25, -0.2) is 0 Å². The molecule has 2 aliphatic carbocycles. The smallest absolute Gasteiger partial charge is 0.224 e. The van der Waals surface area contributed by atoms with Gasteiger partial charge in [-0.2, -0.15) is 5.26 Å². The highest BCUT2D eigenvalue weighted by Gasteiger charge is 2.44. The largest absolute Gasteiger partial charge is 0.378 e. The summed E-state index contributed by atoms with van der Waals surface area (Å²) in [6.07, 6.45) is 12.6. The summed E-state index contributed by atoms with van der Waals surface area (Å²) >= 11 is 0. The van der Waals surface area contributed by atoms with Gasteiger partial charge in [-0.3, -0.25) is 14.5 Å². The third-order valence-electron chi connectivity index (χ3n) is 9.52. The quantitative estimate of drug-likeness (QED) is 0.542. The van der Waals surface area contributed by atoms with Crippen LogP contribution in [-0.2, 0) is 14.3 Å². The number of morpholine rings is 1. The van der Waals surface area contributed by atoms with E-state index in [4.69, 9.17) is 4.74 Å². The Kier molecular flexibility index (Phi) is 9.69. The molecule has 2 heterocycles. The normalized spacial score (nSPS) is 31.2. The van der Waals surface area contributed by atoms with Crippen molar-refractivity contribution >= 4 is 11.8 Å². The molecule has 0 unspecified atom stereocenters. The zero-order valence-corrected chi connectivity index (χ0v) is 22.7. The van der Waals surface area contributed by atoms with Gasteiger partial charge in [-0.05, 0) is 43.4 Å². The summed E-state index contributed by atoms with van der Waals surface area (Å²) in [6, 6.07) is 3.01. The third kappa shape index (κ3) is 7.01. The van der Waals surface area contributed by atoms with Gasteiger partial charge in [0, 0.05) is 44.6 Å². The fourth-order valence-corrected chi connectivity index (χ4v) is 7.11. The minimum atomic E-state index is -0.839. The van der Waals surface area contributed by atoms with Crippen LogP contribution in [0.3, 0.4) is 0 Å². The first-order valence-electron chi connectivity index (χ1n) is 14.7. The van der Waals surface area contributed by atoms with Crippen LogP contribution in [0.25, 0.3) is 0 Å². The highest BCUT2D eigenvalue weighted by molar-refractivity contribution is 5.86. The van der Waals surface area contributed by atoms with E-state index < -0.39 is 5.54 Å². The molecule has 4 atom stereocenters. The predicted octanol–water partition coefficient (Wildman–Crippen LogP) is 4.12. The van der Waals surface area contributed by atoms with Crippen molar-refractivity contribution in [3.8, 4) is 6.07 Å². The summed E-state index contributed by atoms with van der Waals surface area (Å²) in [7, 11) is 0. The molecule has 4 aliphatic rings. The number of amides is 2. The van der Waals surface area contributed by atoms with E-state index in [0.717, 1.165) is 31.7 Å². The molecule has 36 heavy (non-hydrogen) atoms. The number of nitrogens with one attached hydrogen (secondary N) is 1. The van der Waals surface area contributed by atoms with Gasteiger partial charge in [0.25, 0.3) is 0 Å². The number of carbonyl (C=O) groups is 2. The fourth-order valence-electron chi connectivity index (χ4n) is 7.11. The molecule has 2 aliphatic heterocycles. The molecular formula is C29H48N4O3. The van der Waals surface area contributed by atoms with E-state index in [-0.39, 0.29) is 24.2 Å². The first kappa shape index (κ1) is 27.4. The highest BCUT2D eigenvalue weighted by Crippen LogP contribution is 2.36. The van der Waals surface area contributed by atoms with Crippen molar-refractivity contribution in [2.75, 3.05) is 39.4 Å². The third-order valence-corrected chi connectivity index (χ3v) is 9.52. The Morgan fingerprint density at radius 2 is 1.81 bits per heavy atom. The zero-order chi connectivity index (χ0) is 25.5. The van der Waals surface area contributed by atoms with Gasteiger partial charge in [0.15, 0.2) is 0 Å². The van der Waals surface area contributed by atoms with E-state index >= 15 is 0 Å². The lowest BCUT2D eigenvalue weighted by Crippen LogP contribution is -2.53. The summed E-state index contributed by atoms with van der Waals surface area (Å²) in [6.45, 7) is 8.46. The molecule has 0 aromatic rings. The zero-order valence-electron chi connectivity index (χ0n) is 22.7. The summed E-state index contributed by atoms with van der Waals surface area (Å²) < 4.78 is 5.41. The van der Waals surface area contributed by atoms with Crippen LogP contribution in [0, 0.1) is 35.0 Å². The van der Waals surface area contributed by atoms with Crippen molar-refractivity contribution in [3.05, 3.63) is 0 Å². The minimum Gasteiger partial charge on any atom is -0.378 e. The van der Waals surface area contributed by atoms with E-state index in [1.807, 2.05) is 4.90 Å². The number of likely N-dealkylation sites (tertiary alicyclic amines) is 1. The van der Waals surface area contributed by atoms with Gasteiger partial charge in [0.05, 0.1) is 19.3 Å². The van der Waals surface area contributed by atoms with Crippen LogP contribution in [0.2, 0.25) is 0 Å². The Hall–Kier alpha value is -1.65. The summed E-state index contributed by atoms with van der Waals surface area (Å²) in [5.41, 5.74) is -0.839. The first-order valence-corrected chi connectivity index (χ1v) is 14.7. The van der Waals surface area contributed by atoms with Gasteiger partial charge >= 0.3 is 0 Å². The Balaban J connectivity index is 1.40. The van der Waals surface area contributed by atoms with Gasteiger partial charge in [0.2, 0.25) is 11.8 Å². The predicted molar refractivity (Wildman–Crippen MR) is 140 cm³/mol. The lowest BCUT2D eigenvalue weighted by Gasteiger charge is -2.37. The van der Waals surface area contributed by atoms with Crippen LogP contribution in [0.5, 0.6) is 0 Å². The van der Waals surface area contributed by atoms with Crippen molar-refractivity contribution in [1.29, 1.82) is 5.26 Å². The maximum atomic E-state index is 13.7. The molecule has 7 nitrogen and oxygen atoms in total. The maximum absolute atomic E-state index is 13.7. The Labute approximate surface area is 218 Å². The molecule has 0 aromatic heterocycles. The molecule has 4 rings (SSSR count). The second-order valence-electron chi connectivity index (χ2n) is 12.4. The van der Waals surface area contributed by atoms with Crippen molar-refractivity contribution < 1.29 is 14.3 Å². The lowest BCUT2D eigenvalue weighted by atomic mass is 9.79. The molecule has 2 saturated heterocycles. The van der Waals surface area contributed by atoms with Crippen LogP contribution >= 0.6 is 0 Å². The van der Waals surface area contributed by atoms with Crippen molar-refractivity contribution in [2.24, 2.45) is 23.7 Å². The molecule has 202 valence electrons. The van der Waals surface area contributed by atoms with E-state index in [1.165, 1.54) is 44.9 Å². The number of nitrogens with zero attached hydrogens (tertiary/aromatic N) is 3. The molecule has 0 bridgehead atoms. The summed E-state index contributed by atoms with van der Waals surface area (Å²) in [4.78, 5) is 31.1. The van der Waals surface area contributed by atoms with Crippen LogP contribution < -0.4 is 5.32 Å². The van der Waals surface area contributed by atoms with E-state index in [0.29, 0.717) is 57.1 Å². The topological polar surface area (TPSA) is 85.7 Å². The Morgan fingerprint density at radius 1 is 1.06 bits per heavy atom. The Morgan fingerprint density at radius 3 is 2.50 bits per heavy atom. The first-order chi connectivity index (χ1) is 17.4. The molecule has 0 radical (unpaired) electrons. The molecule has 4 fully saturated rings. The van der Waals surface area contributed by atoms with Crippen LogP contribution in [0.15, 0.2) is 0 Å². The standard InChI is InChI=1S/C29H48N4O3/c1-22(2)24-9-6-10-26(18-24)33-12-11-29(20-30,21-33)31-28(35)25(17-23-7-4-3-5-8-23)19-27(34)32-13-15-36-16-14-32/h22-26H,3-19,21H2,1-2H3,(H,31,35)/t24-,25+,26+,29+/m0/s1. The van der Waals surface area contributed by atoms with Crippen LogP contribution in [-0.4, -0.2) is 72.6 Å². The summed E-state index contributed by atoms with van der Waals surface area (Å²) in [5.74, 6) is 1.55. The average molecular weight is 501 g/mol. The molecule has 0 spiro atoms. The number of hydrogen-bond donors (Lipinski definition) is 1.